The van der Waals surface area contributed by atoms with Gasteiger partial charge in [0.1, 0.15) is 0 Å². The minimum atomic E-state index is -4.48. The molecular formula is C13H11F3N2O. The van der Waals surface area contributed by atoms with Crippen LogP contribution in [0.2, 0.25) is 0 Å². The van der Waals surface area contributed by atoms with Crippen LogP contribution in [0.1, 0.15) is 5.56 Å². The Morgan fingerprint density at radius 1 is 1.11 bits per heavy atom. The Morgan fingerprint density at radius 3 is 2.37 bits per heavy atom. The molecule has 19 heavy (non-hydrogen) atoms. The molecule has 0 aliphatic heterocycles. The third-order valence-electron chi connectivity index (χ3n) is 2.84. The van der Waals surface area contributed by atoms with Crippen LogP contribution in [0.3, 0.4) is 0 Å². The van der Waals surface area contributed by atoms with Crippen molar-refractivity contribution in [3.63, 3.8) is 0 Å². The van der Waals surface area contributed by atoms with Crippen molar-refractivity contribution in [2.24, 2.45) is 7.05 Å². The summed E-state index contributed by atoms with van der Waals surface area (Å²) in [6.45, 7) is 0. The van der Waals surface area contributed by atoms with Crippen LogP contribution in [-0.2, 0) is 13.2 Å². The molecule has 6 heteroatoms. The minimum absolute atomic E-state index is 0.00394. The summed E-state index contributed by atoms with van der Waals surface area (Å²) in [7, 11) is 1.39. The number of halogens is 3. The van der Waals surface area contributed by atoms with Crippen molar-refractivity contribution in [2.45, 2.75) is 6.18 Å². The average Bonchev–Trinajstić information content (AvgIpc) is 2.35. The van der Waals surface area contributed by atoms with Gasteiger partial charge in [-0.2, -0.15) is 13.2 Å². The Balaban J connectivity index is 2.74. The Labute approximate surface area is 107 Å². The van der Waals surface area contributed by atoms with Crippen LogP contribution in [0.5, 0.6) is 0 Å². The summed E-state index contributed by atoms with van der Waals surface area (Å²) in [6.07, 6.45) is -4.48. The van der Waals surface area contributed by atoms with E-state index in [0.717, 1.165) is 10.6 Å². The largest absolute Gasteiger partial charge is 0.417 e. The first-order chi connectivity index (χ1) is 8.82. The first-order valence-electron chi connectivity index (χ1n) is 5.44. The zero-order valence-electron chi connectivity index (χ0n) is 10.0. The number of nitrogens with two attached hydrogens (primary N) is 1. The number of hydrogen-bond donors (Lipinski definition) is 1. The number of rotatable bonds is 1. The van der Waals surface area contributed by atoms with Crippen molar-refractivity contribution in [1.29, 1.82) is 0 Å². The van der Waals surface area contributed by atoms with Gasteiger partial charge in [0.25, 0.3) is 5.56 Å². The Bertz CT molecular complexity index is 674. The van der Waals surface area contributed by atoms with Crippen molar-refractivity contribution < 1.29 is 13.2 Å². The molecule has 0 saturated heterocycles. The summed E-state index contributed by atoms with van der Waals surface area (Å²) in [4.78, 5) is 11.7. The highest BCUT2D eigenvalue weighted by Crippen LogP contribution is 2.36. The van der Waals surface area contributed by atoms with Crippen LogP contribution < -0.4 is 11.3 Å². The van der Waals surface area contributed by atoms with E-state index in [2.05, 4.69) is 0 Å². The molecule has 1 heterocycles. The van der Waals surface area contributed by atoms with Crippen molar-refractivity contribution in [3.05, 3.63) is 52.3 Å². The highest BCUT2D eigenvalue weighted by Gasteiger charge is 2.33. The maximum absolute atomic E-state index is 12.9. The van der Waals surface area contributed by atoms with Gasteiger partial charge in [0.2, 0.25) is 0 Å². The van der Waals surface area contributed by atoms with Gasteiger partial charge in [0, 0.05) is 12.6 Å². The minimum Gasteiger partial charge on any atom is -0.394 e. The lowest BCUT2D eigenvalue weighted by Crippen LogP contribution is -2.22. The van der Waals surface area contributed by atoms with Gasteiger partial charge in [-0.3, -0.25) is 4.79 Å². The number of nitrogen functional groups attached to an aromatic ring is 1. The van der Waals surface area contributed by atoms with Gasteiger partial charge in [-0.15, -0.1) is 0 Å². The number of alkyl halides is 3. The van der Waals surface area contributed by atoms with Gasteiger partial charge >= 0.3 is 6.18 Å². The van der Waals surface area contributed by atoms with Crippen molar-refractivity contribution in [1.82, 2.24) is 4.57 Å². The Morgan fingerprint density at radius 2 is 1.74 bits per heavy atom. The van der Waals surface area contributed by atoms with E-state index in [4.69, 9.17) is 5.73 Å². The molecule has 1 aromatic carbocycles. The molecule has 0 radical (unpaired) electrons. The van der Waals surface area contributed by atoms with Gasteiger partial charge in [-0.05, 0) is 18.2 Å². The molecule has 0 amide bonds. The van der Waals surface area contributed by atoms with Crippen LogP contribution >= 0.6 is 0 Å². The third kappa shape index (κ3) is 2.33. The molecule has 0 atom stereocenters. The fourth-order valence-corrected chi connectivity index (χ4v) is 1.88. The normalized spacial score (nSPS) is 11.6. The molecule has 2 N–H and O–H groups in total. The molecule has 0 aliphatic rings. The number of nitrogens with zero attached hydrogens (tertiary/aromatic N) is 1. The first kappa shape index (κ1) is 13.2. The number of hydrogen-bond acceptors (Lipinski definition) is 2. The van der Waals surface area contributed by atoms with E-state index in [9.17, 15) is 18.0 Å². The second-order valence-electron chi connectivity index (χ2n) is 4.08. The highest BCUT2D eigenvalue weighted by molar-refractivity contribution is 5.66. The Kier molecular flexibility index (Phi) is 3.09. The van der Waals surface area contributed by atoms with E-state index in [1.807, 2.05) is 0 Å². The summed E-state index contributed by atoms with van der Waals surface area (Å²) in [6, 6.07) is 7.82. The van der Waals surface area contributed by atoms with Crippen LogP contribution in [-0.4, -0.2) is 4.57 Å². The van der Waals surface area contributed by atoms with Crippen molar-refractivity contribution >= 4 is 5.69 Å². The predicted octanol–water partition coefficient (Wildman–Crippen LogP) is 2.65. The molecule has 1 aromatic heterocycles. The predicted molar refractivity (Wildman–Crippen MR) is 66.5 cm³/mol. The molecule has 2 rings (SSSR count). The monoisotopic (exact) mass is 268 g/mol. The molecule has 0 bridgehead atoms. The summed E-state index contributed by atoms with van der Waals surface area (Å²) in [5.74, 6) is 0. The van der Waals surface area contributed by atoms with E-state index in [1.54, 1.807) is 0 Å². The fraction of sp³-hybridized carbons (Fsp3) is 0.154. The molecule has 0 unspecified atom stereocenters. The third-order valence-corrected chi connectivity index (χ3v) is 2.84. The first-order valence-corrected chi connectivity index (χ1v) is 5.44. The fourth-order valence-electron chi connectivity index (χ4n) is 1.88. The Hall–Kier alpha value is -2.24. The topological polar surface area (TPSA) is 48.0 Å². The maximum Gasteiger partial charge on any atom is 0.417 e. The summed E-state index contributed by atoms with van der Waals surface area (Å²) < 4.78 is 39.9. The number of pyridine rings is 1. The van der Waals surface area contributed by atoms with Gasteiger partial charge in [0.05, 0.1) is 16.9 Å². The lowest BCUT2D eigenvalue weighted by atomic mass is 10.0. The van der Waals surface area contributed by atoms with Crippen LogP contribution in [0.4, 0.5) is 18.9 Å². The van der Waals surface area contributed by atoms with Crippen LogP contribution in [0.15, 0.2) is 41.2 Å². The second-order valence-corrected chi connectivity index (χ2v) is 4.08. The zero-order valence-corrected chi connectivity index (χ0v) is 10.0. The highest BCUT2D eigenvalue weighted by atomic mass is 19.4. The number of aromatic nitrogens is 1. The van der Waals surface area contributed by atoms with Crippen molar-refractivity contribution in [2.75, 3.05) is 5.73 Å². The summed E-state index contributed by atoms with van der Waals surface area (Å²) in [5, 5.41) is 0. The van der Waals surface area contributed by atoms with E-state index in [-0.39, 0.29) is 16.9 Å². The molecule has 2 aromatic rings. The van der Waals surface area contributed by atoms with E-state index < -0.39 is 17.3 Å². The molecular weight excluding hydrogens is 257 g/mol. The van der Waals surface area contributed by atoms with Crippen LogP contribution in [0, 0.1) is 0 Å². The van der Waals surface area contributed by atoms with Gasteiger partial charge in [0.15, 0.2) is 0 Å². The zero-order chi connectivity index (χ0) is 14.2. The molecule has 3 nitrogen and oxygen atoms in total. The van der Waals surface area contributed by atoms with Crippen molar-refractivity contribution in [3.8, 4) is 11.3 Å². The summed E-state index contributed by atoms with van der Waals surface area (Å²) in [5.41, 5.74) is 4.26. The lowest BCUT2D eigenvalue weighted by molar-refractivity contribution is -0.137. The van der Waals surface area contributed by atoms with Gasteiger partial charge in [-0.25, -0.2) is 0 Å². The molecule has 0 saturated carbocycles. The number of anilines is 1. The quantitative estimate of drug-likeness (QED) is 0.864. The number of benzene rings is 1. The second kappa shape index (κ2) is 4.46. The lowest BCUT2D eigenvalue weighted by Gasteiger charge is -2.15. The van der Waals surface area contributed by atoms with Crippen LogP contribution in [0.25, 0.3) is 11.3 Å². The SMILES string of the molecule is Cn1c(-c2ccccc2C(F)(F)F)ccc(N)c1=O. The smallest absolute Gasteiger partial charge is 0.394 e. The van der Waals surface area contributed by atoms with Gasteiger partial charge < -0.3 is 10.3 Å². The standard InChI is InChI=1S/C13H11F3N2O/c1-18-11(7-6-10(17)12(18)19)8-4-2-3-5-9(8)13(14,15)16/h2-7H,17H2,1H3. The van der Waals surface area contributed by atoms with E-state index in [0.29, 0.717) is 0 Å². The maximum atomic E-state index is 12.9. The molecule has 0 aliphatic carbocycles. The average molecular weight is 268 g/mol. The van der Waals surface area contributed by atoms with Gasteiger partial charge in [-0.1, -0.05) is 18.2 Å². The molecule has 0 spiro atoms. The van der Waals surface area contributed by atoms with E-state index in [1.165, 1.54) is 37.4 Å². The van der Waals surface area contributed by atoms with E-state index >= 15 is 0 Å². The summed E-state index contributed by atoms with van der Waals surface area (Å²) >= 11 is 0. The molecule has 100 valence electrons. The molecule has 0 fully saturated rings.